The zero-order valence-corrected chi connectivity index (χ0v) is 17.0. The first-order valence-corrected chi connectivity index (χ1v) is 7.30. The number of amides is 1. The first-order valence-electron chi connectivity index (χ1n) is 7.30. The molecular formula is C14H22BrNO12. The Morgan fingerprint density at radius 2 is 1.32 bits per heavy atom. The zero-order valence-electron chi connectivity index (χ0n) is 15.3. The van der Waals surface area contributed by atoms with E-state index in [1.54, 1.807) is 5.32 Å². The molecule has 162 valence electrons. The van der Waals surface area contributed by atoms with E-state index in [4.69, 9.17) is 0 Å². The van der Waals surface area contributed by atoms with Crippen LogP contribution >= 0.6 is 17.0 Å². The number of hydrogen-bond donors (Lipinski definition) is 5. The number of carbonyl (C=O) groups excluding carboxylic acids is 5. The minimum Gasteiger partial charge on any atom is -0.433 e. The van der Waals surface area contributed by atoms with Crippen LogP contribution in [0.1, 0.15) is 27.7 Å². The van der Waals surface area contributed by atoms with Gasteiger partial charge < -0.3 is 44.7 Å². The normalized spacial score (nSPS) is 17.9. The summed E-state index contributed by atoms with van der Waals surface area (Å²) in [4.78, 5) is 56.2. The monoisotopic (exact) mass is 475 g/mol. The zero-order chi connectivity index (χ0) is 21.6. The quantitative estimate of drug-likeness (QED) is 0.0978. The van der Waals surface area contributed by atoms with Crippen molar-refractivity contribution < 1.29 is 58.6 Å². The highest BCUT2D eigenvalue weighted by Crippen LogP contribution is 2.34. The average Bonchev–Trinajstić information content (AvgIpc) is 2.48. The first-order chi connectivity index (χ1) is 12.2. The highest BCUT2D eigenvalue weighted by molar-refractivity contribution is 8.93. The maximum atomic E-state index is 11.4. The third-order valence-electron chi connectivity index (χ3n) is 2.99. The van der Waals surface area contributed by atoms with Crippen molar-refractivity contribution in [3.63, 3.8) is 0 Å². The Labute approximate surface area is 169 Å². The van der Waals surface area contributed by atoms with Gasteiger partial charge >= 0.3 is 29.5 Å². The lowest BCUT2D eigenvalue weighted by atomic mass is 9.92. The van der Waals surface area contributed by atoms with Gasteiger partial charge in [0.05, 0.1) is 0 Å². The van der Waals surface area contributed by atoms with E-state index in [0.29, 0.717) is 13.8 Å². The lowest BCUT2D eigenvalue weighted by molar-refractivity contribution is -0.404. The van der Waals surface area contributed by atoms with E-state index >= 15 is 0 Å². The molecule has 28 heavy (non-hydrogen) atoms. The molecule has 0 fully saturated rings. The van der Waals surface area contributed by atoms with Crippen LogP contribution in [0.4, 0.5) is 0 Å². The van der Waals surface area contributed by atoms with E-state index in [1.165, 1.54) is 0 Å². The van der Waals surface area contributed by atoms with Crippen molar-refractivity contribution in [3.05, 3.63) is 0 Å². The van der Waals surface area contributed by atoms with E-state index < -0.39 is 53.8 Å². The van der Waals surface area contributed by atoms with Crippen LogP contribution in [0.3, 0.4) is 0 Å². The van der Waals surface area contributed by atoms with E-state index in [-0.39, 0.29) is 23.3 Å². The van der Waals surface area contributed by atoms with Crippen LogP contribution in [-0.2, 0) is 38.2 Å². The van der Waals surface area contributed by atoms with Gasteiger partial charge in [0.2, 0.25) is 12.2 Å². The number of ether oxygens (including phenoxy) is 3. The molecule has 0 rings (SSSR count). The largest absolute Gasteiger partial charge is 0.433 e. The van der Waals surface area contributed by atoms with Crippen molar-refractivity contribution in [3.8, 4) is 0 Å². The summed E-state index contributed by atoms with van der Waals surface area (Å²) in [6.07, 6.45) is -5.67. The van der Waals surface area contributed by atoms with E-state index in [1.807, 2.05) is 0 Å². The predicted octanol–water partition coefficient (Wildman–Crippen LogP) is -2.99. The Hall–Kier alpha value is -2.13. The molecule has 13 nitrogen and oxygen atoms in total. The molecule has 5 unspecified atom stereocenters. The molecule has 0 radical (unpaired) electrons. The number of halogens is 1. The van der Waals surface area contributed by atoms with Crippen molar-refractivity contribution in [2.75, 3.05) is 0 Å². The van der Waals surface area contributed by atoms with Crippen molar-refractivity contribution in [1.82, 2.24) is 5.32 Å². The molecule has 0 aliphatic carbocycles. The van der Waals surface area contributed by atoms with Gasteiger partial charge in [-0.3, -0.25) is 19.2 Å². The number of aliphatic hydroxyl groups is 4. The molecule has 0 aliphatic rings. The molecule has 0 bridgehead atoms. The van der Waals surface area contributed by atoms with Gasteiger partial charge in [0.1, 0.15) is 6.29 Å². The smallest absolute Gasteiger partial charge is 0.312 e. The topological polar surface area (TPSA) is 206 Å². The second kappa shape index (κ2) is 11.0. The van der Waals surface area contributed by atoms with Crippen molar-refractivity contribution in [2.24, 2.45) is 0 Å². The fraction of sp³-hybridized carbons (Fsp3) is 0.643. The van der Waals surface area contributed by atoms with Gasteiger partial charge in [0, 0.05) is 27.7 Å². The predicted molar refractivity (Wildman–Crippen MR) is 91.2 cm³/mol. The van der Waals surface area contributed by atoms with Crippen LogP contribution in [0.25, 0.3) is 0 Å². The minimum absolute atomic E-state index is 0. The number of rotatable bonds is 9. The lowest BCUT2D eigenvalue weighted by Gasteiger charge is -2.45. The molecular weight excluding hydrogens is 454 g/mol. The summed E-state index contributed by atoms with van der Waals surface area (Å²) < 4.78 is 13.1. The van der Waals surface area contributed by atoms with Crippen molar-refractivity contribution >= 4 is 47.1 Å². The molecule has 0 aromatic heterocycles. The maximum absolute atomic E-state index is 11.4. The maximum Gasteiger partial charge on any atom is 0.312 e. The summed E-state index contributed by atoms with van der Waals surface area (Å²) in [5.41, 5.74) is 0. The van der Waals surface area contributed by atoms with Crippen LogP contribution in [0.15, 0.2) is 0 Å². The number of esters is 3. The third kappa shape index (κ3) is 6.79. The average molecular weight is 476 g/mol. The van der Waals surface area contributed by atoms with Gasteiger partial charge in [0.15, 0.2) is 12.1 Å². The molecule has 14 heteroatoms. The molecule has 0 aliphatic heterocycles. The van der Waals surface area contributed by atoms with Gasteiger partial charge in [-0.25, -0.2) is 0 Å². The van der Waals surface area contributed by atoms with Crippen molar-refractivity contribution in [2.45, 2.75) is 57.7 Å². The van der Waals surface area contributed by atoms with E-state index in [2.05, 4.69) is 14.2 Å². The second-order valence-electron chi connectivity index (χ2n) is 5.34. The Balaban J connectivity index is 0. The fourth-order valence-electron chi connectivity index (χ4n) is 2.01. The van der Waals surface area contributed by atoms with Crippen LogP contribution in [-0.4, -0.2) is 80.5 Å². The number of carbonyl (C=O) groups is 5. The molecule has 0 saturated heterocycles. The van der Waals surface area contributed by atoms with Gasteiger partial charge in [-0.1, -0.05) is 0 Å². The number of hydrogen-bond acceptors (Lipinski definition) is 12. The van der Waals surface area contributed by atoms with Crippen LogP contribution in [0.2, 0.25) is 0 Å². The highest BCUT2D eigenvalue weighted by atomic mass is 79.9. The summed E-state index contributed by atoms with van der Waals surface area (Å²) in [7, 11) is 0. The molecule has 0 aromatic rings. The molecule has 0 aromatic carbocycles. The third-order valence-corrected chi connectivity index (χ3v) is 2.99. The number of aldehydes is 1. The molecule has 0 spiro atoms. The lowest BCUT2D eigenvalue weighted by Crippen LogP contribution is -2.75. The first kappa shape index (κ1) is 28.1. The van der Waals surface area contributed by atoms with Crippen LogP contribution in [0.5, 0.6) is 0 Å². The van der Waals surface area contributed by atoms with Crippen LogP contribution in [0, 0.1) is 0 Å². The summed E-state index contributed by atoms with van der Waals surface area (Å²) in [5.74, 6) is -12.3. The summed E-state index contributed by atoms with van der Waals surface area (Å²) in [6, 6.07) is -2.29. The molecule has 5 N–H and O–H groups in total. The summed E-state index contributed by atoms with van der Waals surface area (Å²) >= 11 is 0. The molecule has 5 atom stereocenters. The van der Waals surface area contributed by atoms with Crippen LogP contribution < -0.4 is 5.32 Å². The Bertz CT molecular complexity index is 613. The number of aliphatic hydroxyl groups excluding tert-OH is 2. The van der Waals surface area contributed by atoms with E-state index in [9.17, 15) is 44.4 Å². The van der Waals surface area contributed by atoms with Gasteiger partial charge in [-0.05, 0) is 0 Å². The Kier molecular flexibility index (Phi) is 11.0. The number of nitrogens with one attached hydrogen (secondary N) is 1. The Morgan fingerprint density at radius 3 is 1.64 bits per heavy atom. The van der Waals surface area contributed by atoms with Gasteiger partial charge in [-0.15, -0.1) is 17.0 Å². The molecule has 0 saturated carbocycles. The molecule has 1 amide bonds. The SMILES string of the molecule is Br.CC(=O)NC(C=O)C(O)(OC(C)=O)C(O)(OC(C)=O)C(O)C(O)OC(C)=O. The van der Waals surface area contributed by atoms with Crippen molar-refractivity contribution in [1.29, 1.82) is 0 Å². The highest BCUT2D eigenvalue weighted by Gasteiger charge is 2.67. The second-order valence-corrected chi connectivity index (χ2v) is 5.34. The minimum atomic E-state index is -3.77. The summed E-state index contributed by atoms with van der Waals surface area (Å²) in [6.45, 7) is 3.10. The van der Waals surface area contributed by atoms with Gasteiger partial charge in [0.25, 0.3) is 0 Å². The summed E-state index contributed by atoms with van der Waals surface area (Å²) in [5, 5.41) is 42.9. The fourth-order valence-corrected chi connectivity index (χ4v) is 2.01. The van der Waals surface area contributed by atoms with E-state index in [0.717, 1.165) is 13.8 Å². The Morgan fingerprint density at radius 1 is 0.893 bits per heavy atom. The molecule has 0 heterocycles. The standard InChI is InChI=1S/C14H21NO12.BrH/c1-6(17)15-10(5-16)13(23,26-8(3)19)14(24,27-9(4)20)11(21)12(22)25-7(2)18;/h5,10-12,21-24H,1-4H3,(H,15,17);1H. The van der Waals surface area contributed by atoms with Gasteiger partial charge in [-0.2, -0.15) is 0 Å².